The van der Waals surface area contributed by atoms with Gasteiger partial charge in [0.05, 0.1) is 17.3 Å². The van der Waals surface area contributed by atoms with E-state index in [1.165, 1.54) is 16.8 Å². The zero-order valence-electron chi connectivity index (χ0n) is 15.1. The predicted octanol–water partition coefficient (Wildman–Crippen LogP) is 1.56. The van der Waals surface area contributed by atoms with Crippen LogP contribution in [0, 0.1) is 0 Å². The van der Waals surface area contributed by atoms with E-state index in [1.54, 1.807) is 18.2 Å². The van der Waals surface area contributed by atoms with Crippen molar-refractivity contribution in [3.05, 3.63) is 61.5 Å². The summed E-state index contributed by atoms with van der Waals surface area (Å²) in [5.41, 5.74) is 0.351. The molecular formula is C18H13Cl2N7O3. The number of aromatic nitrogens is 6. The number of hydrogen-bond donors (Lipinski definition) is 3. The van der Waals surface area contributed by atoms with Gasteiger partial charge in [0.1, 0.15) is 10.7 Å². The Kier molecular flexibility index (Phi) is 4.44. The van der Waals surface area contributed by atoms with Gasteiger partial charge in [-0.25, -0.2) is 9.79 Å². The molecule has 5 rings (SSSR count). The number of imidazole rings is 1. The van der Waals surface area contributed by atoms with Crippen LogP contribution in [0.5, 0.6) is 17.6 Å². The minimum atomic E-state index is -0.533. The summed E-state index contributed by atoms with van der Waals surface area (Å²) in [6, 6.07) is 5.16. The number of nitrogens with one attached hydrogen (secondary N) is 2. The van der Waals surface area contributed by atoms with Crippen LogP contribution in [0.3, 0.4) is 0 Å². The lowest BCUT2D eigenvalue weighted by molar-refractivity contribution is 0.436. The van der Waals surface area contributed by atoms with E-state index < -0.39 is 5.69 Å². The molecule has 4 aromatic rings. The van der Waals surface area contributed by atoms with Gasteiger partial charge in [-0.05, 0) is 31.1 Å². The van der Waals surface area contributed by atoms with Crippen LogP contribution in [0.15, 0.2) is 34.2 Å². The number of hydrogen-bond acceptors (Lipinski definition) is 7. The maximum atomic E-state index is 11.4. The van der Waals surface area contributed by atoms with Crippen LogP contribution >= 0.6 is 23.2 Å². The Bertz CT molecular complexity index is 1450. The van der Waals surface area contributed by atoms with Gasteiger partial charge in [-0.1, -0.05) is 29.3 Å². The normalized spacial score (nSPS) is 15.3. The molecule has 12 heteroatoms. The van der Waals surface area contributed by atoms with Gasteiger partial charge in [0.15, 0.2) is 11.4 Å². The second-order valence-corrected chi connectivity index (χ2v) is 7.43. The van der Waals surface area contributed by atoms with Gasteiger partial charge in [-0.15, -0.1) is 0 Å². The lowest BCUT2D eigenvalue weighted by Crippen LogP contribution is -2.23. The van der Waals surface area contributed by atoms with Crippen molar-refractivity contribution >= 4 is 34.9 Å². The molecule has 1 saturated carbocycles. The minimum Gasteiger partial charge on any atom is -0.493 e. The number of fused-ring (bicyclic) bond motifs is 1. The van der Waals surface area contributed by atoms with Gasteiger partial charge in [0.2, 0.25) is 5.88 Å². The molecule has 0 amide bonds. The van der Waals surface area contributed by atoms with E-state index in [0.29, 0.717) is 27.3 Å². The average Bonchev–Trinajstić information content (AvgIpc) is 3.34. The van der Waals surface area contributed by atoms with E-state index in [9.17, 15) is 9.90 Å². The molecule has 0 unspecified atom stereocenters. The fourth-order valence-electron chi connectivity index (χ4n) is 2.77. The summed E-state index contributed by atoms with van der Waals surface area (Å²) in [4.78, 5) is 29.5. The molecular weight excluding hydrogens is 433 g/mol. The van der Waals surface area contributed by atoms with Crippen molar-refractivity contribution in [2.75, 3.05) is 0 Å². The van der Waals surface area contributed by atoms with E-state index in [1.807, 2.05) is 0 Å². The fraction of sp³-hybridized carbons (Fsp3) is 0.167. The third-order valence-electron chi connectivity index (χ3n) is 4.36. The Labute approximate surface area is 177 Å². The standard InChI is InChI=1S/C18H13Cl2N7O3/c19-10-2-1-3-12(13(10)20)30-18-24-14-8(6-11-15(28)25-17(29)23-11)7-21-27(14)16(26-18)22-9-4-5-9/h1-3,6-7,9,28H,4-5H2,(H2,23,25,29). The Morgan fingerprint density at radius 2 is 2.10 bits per heavy atom. The zero-order valence-corrected chi connectivity index (χ0v) is 16.6. The SMILES string of the molecule is O=c1[nH]c(O)c(C=c2cnn3c(=NC4CC4)nc(Oc4cccc(Cl)c4Cl)nc23)[nH]1. The second-order valence-electron chi connectivity index (χ2n) is 6.64. The van der Waals surface area contributed by atoms with Crippen molar-refractivity contribution in [1.82, 2.24) is 29.5 Å². The number of rotatable bonds is 4. The number of benzene rings is 1. The first-order valence-electron chi connectivity index (χ1n) is 8.92. The smallest absolute Gasteiger partial charge is 0.327 e. The predicted molar refractivity (Wildman–Crippen MR) is 108 cm³/mol. The Morgan fingerprint density at radius 3 is 2.83 bits per heavy atom. The molecule has 0 aliphatic heterocycles. The maximum absolute atomic E-state index is 11.4. The molecule has 3 aromatic heterocycles. The molecule has 0 bridgehead atoms. The molecule has 152 valence electrons. The Balaban J connectivity index is 1.69. The van der Waals surface area contributed by atoms with Gasteiger partial charge >= 0.3 is 11.7 Å². The van der Waals surface area contributed by atoms with Gasteiger partial charge < -0.3 is 14.8 Å². The van der Waals surface area contributed by atoms with Gasteiger partial charge in [0.25, 0.3) is 5.62 Å². The number of halogens is 2. The van der Waals surface area contributed by atoms with Crippen LogP contribution in [-0.2, 0) is 0 Å². The van der Waals surface area contributed by atoms with E-state index in [4.69, 9.17) is 27.9 Å². The molecule has 0 radical (unpaired) electrons. The van der Waals surface area contributed by atoms with E-state index >= 15 is 0 Å². The highest BCUT2D eigenvalue weighted by atomic mass is 35.5. The molecule has 1 fully saturated rings. The fourth-order valence-corrected chi connectivity index (χ4v) is 3.10. The topological polar surface area (TPSA) is 134 Å². The number of ether oxygens (including phenoxy) is 1. The summed E-state index contributed by atoms with van der Waals surface area (Å²) in [7, 11) is 0. The maximum Gasteiger partial charge on any atom is 0.327 e. The summed E-state index contributed by atoms with van der Waals surface area (Å²) >= 11 is 12.3. The Morgan fingerprint density at radius 1 is 1.27 bits per heavy atom. The van der Waals surface area contributed by atoms with Crippen molar-refractivity contribution in [3.63, 3.8) is 0 Å². The van der Waals surface area contributed by atoms with Crippen molar-refractivity contribution in [2.45, 2.75) is 18.9 Å². The van der Waals surface area contributed by atoms with Crippen molar-refractivity contribution < 1.29 is 9.84 Å². The number of aromatic hydroxyl groups is 1. The summed E-state index contributed by atoms with van der Waals surface area (Å²) < 4.78 is 7.25. The van der Waals surface area contributed by atoms with Crippen LogP contribution in [0.25, 0.3) is 11.7 Å². The molecule has 3 heterocycles. The molecule has 0 saturated heterocycles. The minimum absolute atomic E-state index is 0.00741. The first-order chi connectivity index (χ1) is 14.5. The van der Waals surface area contributed by atoms with E-state index in [2.05, 4.69) is 30.0 Å². The van der Waals surface area contributed by atoms with Crippen molar-refractivity contribution in [1.29, 1.82) is 0 Å². The third-order valence-corrected chi connectivity index (χ3v) is 5.16. The highest BCUT2D eigenvalue weighted by Gasteiger charge is 2.21. The highest BCUT2D eigenvalue weighted by molar-refractivity contribution is 6.42. The molecule has 30 heavy (non-hydrogen) atoms. The Hall–Kier alpha value is -3.37. The first-order valence-corrected chi connectivity index (χ1v) is 9.68. The van der Waals surface area contributed by atoms with Crippen molar-refractivity contribution in [3.8, 4) is 17.6 Å². The highest BCUT2D eigenvalue weighted by Crippen LogP contribution is 2.33. The van der Waals surface area contributed by atoms with Crippen LogP contribution in [0.4, 0.5) is 0 Å². The summed E-state index contributed by atoms with van der Waals surface area (Å²) in [6.07, 6.45) is 5.00. The molecule has 1 aliphatic rings. The van der Waals surface area contributed by atoms with Gasteiger partial charge in [-0.2, -0.15) is 19.6 Å². The molecule has 0 atom stereocenters. The van der Waals surface area contributed by atoms with Crippen LogP contribution in [-0.4, -0.2) is 40.7 Å². The van der Waals surface area contributed by atoms with Gasteiger partial charge in [-0.3, -0.25) is 4.98 Å². The lowest BCUT2D eigenvalue weighted by Gasteiger charge is -2.07. The van der Waals surface area contributed by atoms with Crippen LogP contribution < -0.4 is 21.3 Å². The summed E-state index contributed by atoms with van der Waals surface area (Å²) in [6.45, 7) is 0. The zero-order chi connectivity index (χ0) is 20.8. The molecule has 1 aromatic carbocycles. The summed E-state index contributed by atoms with van der Waals surface area (Å²) in [5, 5.41) is 15.2. The van der Waals surface area contributed by atoms with Crippen LogP contribution in [0.1, 0.15) is 18.5 Å². The monoisotopic (exact) mass is 445 g/mol. The molecule has 3 N–H and O–H groups in total. The molecule has 1 aliphatic carbocycles. The third kappa shape index (κ3) is 3.51. The largest absolute Gasteiger partial charge is 0.493 e. The molecule has 0 spiro atoms. The van der Waals surface area contributed by atoms with E-state index in [0.717, 1.165) is 12.8 Å². The molecule has 10 nitrogen and oxygen atoms in total. The lowest BCUT2D eigenvalue weighted by atomic mass is 10.3. The number of H-pyrrole nitrogens is 2. The number of nitrogens with zero attached hydrogens (tertiary/aromatic N) is 5. The quantitative estimate of drug-likeness (QED) is 0.436. The first kappa shape index (κ1) is 18.6. The number of aromatic amines is 2. The van der Waals surface area contributed by atoms with Crippen molar-refractivity contribution in [2.24, 2.45) is 4.99 Å². The van der Waals surface area contributed by atoms with Crippen LogP contribution in [0.2, 0.25) is 10.0 Å². The average molecular weight is 446 g/mol. The van der Waals surface area contributed by atoms with Gasteiger partial charge in [0, 0.05) is 5.22 Å². The second kappa shape index (κ2) is 7.15. The van der Waals surface area contributed by atoms with E-state index in [-0.39, 0.29) is 28.6 Å². The summed E-state index contributed by atoms with van der Waals surface area (Å²) in [5.74, 6) is 0.00187.